The number of hydrogen-bond donors (Lipinski definition) is 1. The standard InChI is InChI=1S/C19H28FN3O/c1-15(24)22-12-8-18(9-13-22)21-14-19(23-10-2-3-11-23)16-4-6-17(20)7-5-16/h4-7,18-19,21H,2-3,8-14H2,1H3. The molecule has 0 aliphatic carbocycles. The highest BCUT2D eigenvalue weighted by molar-refractivity contribution is 5.73. The number of rotatable bonds is 5. The van der Waals surface area contributed by atoms with Crippen molar-refractivity contribution in [3.63, 3.8) is 0 Å². The van der Waals surface area contributed by atoms with E-state index in [0.717, 1.165) is 45.6 Å². The Balaban J connectivity index is 1.58. The number of nitrogens with one attached hydrogen (secondary N) is 1. The molecule has 1 aromatic rings. The van der Waals surface area contributed by atoms with Gasteiger partial charge in [0, 0.05) is 38.6 Å². The lowest BCUT2D eigenvalue weighted by molar-refractivity contribution is -0.129. The molecule has 0 spiro atoms. The van der Waals surface area contributed by atoms with Crippen LogP contribution in [0.25, 0.3) is 0 Å². The number of piperidine rings is 1. The molecule has 1 unspecified atom stereocenters. The van der Waals surface area contributed by atoms with Crippen molar-refractivity contribution in [2.45, 2.75) is 44.7 Å². The van der Waals surface area contributed by atoms with Crippen LogP contribution in [0.2, 0.25) is 0 Å². The minimum atomic E-state index is -0.177. The van der Waals surface area contributed by atoms with Crippen LogP contribution in [0.1, 0.15) is 44.2 Å². The molecular weight excluding hydrogens is 305 g/mol. The summed E-state index contributed by atoms with van der Waals surface area (Å²) in [5.41, 5.74) is 1.19. The van der Waals surface area contributed by atoms with Crippen LogP contribution < -0.4 is 5.32 Å². The van der Waals surface area contributed by atoms with Crippen molar-refractivity contribution < 1.29 is 9.18 Å². The summed E-state index contributed by atoms with van der Waals surface area (Å²) in [5, 5.41) is 3.70. The van der Waals surface area contributed by atoms with Gasteiger partial charge >= 0.3 is 0 Å². The summed E-state index contributed by atoms with van der Waals surface area (Å²) < 4.78 is 13.2. The van der Waals surface area contributed by atoms with E-state index in [4.69, 9.17) is 0 Å². The first-order valence-electron chi connectivity index (χ1n) is 9.12. The second-order valence-electron chi connectivity index (χ2n) is 7.00. The molecule has 2 fully saturated rings. The zero-order chi connectivity index (χ0) is 16.9. The van der Waals surface area contributed by atoms with Crippen LogP contribution in [0, 0.1) is 5.82 Å². The molecule has 1 aromatic carbocycles. The van der Waals surface area contributed by atoms with Crippen molar-refractivity contribution in [3.05, 3.63) is 35.6 Å². The van der Waals surface area contributed by atoms with Gasteiger partial charge in [-0.1, -0.05) is 12.1 Å². The highest BCUT2D eigenvalue weighted by Gasteiger charge is 2.26. The third-order valence-corrected chi connectivity index (χ3v) is 5.38. The normalized spacial score (nSPS) is 21.2. The first-order chi connectivity index (χ1) is 11.6. The molecule has 0 bridgehead atoms. The number of amides is 1. The fourth-order valence-electron chi connectivity index (χ4n) is 3.87. The topological polar surface area (TPSA) is 35.6 Å². The predicted octanol–water partition coefficient (Wildman–Crippen LogP) is 2.56. The molecule has 2 saturated heterocycles. The van der Waals surface area contributed by atoms with E-state index in [2.05, 4.69) is 10.2 Å². The Hall–Kier alpha value is -1.46. The average Bonchev–Trinajstić information content (AvgIpc) is 3.11. The number of carbonyl (C=O) groups is 1. The highest BCUT2D eigenvalue weighted by Crippen LogP contribution is 2.25. The van der Waals surface area contributed by atoms with Gasteiger partial charge in [0.25, 0.3) is 0 Å². The van der Waals surface area contributed by atoms with Gasteiger partial charge in [-0.05, 0) is 56.5 Å². The van der Waals surface area contributed by atoms with Crippen LogP contribution in [0.3, 0.4) is 0 Å². The van der Waals surface area contributed by atoms with E-state index in [-0.39, 0.29) is 11.7 Å². The second kappa shape index (κ2) is 8.08. The Morgan fingerprint density at radius 1 is 1.17 bits per heavy atom. The molecule has 132 valence electrons. The molecule has 2 heterocycles. The Morgan fingerprint density at radius 2 is 1.79 bits per heavy atom. The maximum Gasteiger partial charge on any atom is 0.219 e. The molecule has 0 saturated carbocycles. The van der Waals surface area contributed by atoms with Crippen LogP contribution in [0.5, 0.6) is 0 Å². The maximum atomic E-state index is 13.2. The van der Waals surface area contributed by atoms with Crippen LogP contribution in [0.4, 0.5) is 4.39 Å². The average molecular weight is 333 g/mol. The summed E-state index contributed by atoms with van der Waals surface area (Å²) in [5.74, 6) is -0.00167. The molecule has 0 aromatic heterocycles. The Labute approximate surface area is 144 Å². The Kier molecular flexibility index (Phi) is 5.85. The number of nitrogens with zero attached hydrogens (tertiary/aromatic N) is 2. The highest BCUT2D eigenvalue weighted by atomic mass is 19.1. The molecule has 2 aliphatic rings. The van der Waals surface area contributed by atoms with Gasteiger partial charge in [0.15, 0.2) is 0 Å². The van der Waals surface area contributed by atoms with Gasteiger partial charge in [0.2, 0.25) is 5.91 Å². The van der Waals surface area contributed by atoms with Gasteiger partial charge in [0.05, 0.1) is 0 Å². The summed E-state index contributed by atoms with van der Waals surface area (Å²) in [7, 11) is 0. The zero-order valence-corrected chi connectivity index (χ0v) is 14.5. The van der Waals surface area contributed by atoms with Gasteiger partial charge in [0.1, 0.15) is 5.82 Å². The van der Waals surface area contributed by atoms with E-state index in [0.29, 0.717) is 12.1 Å². The summed E-state index contributed by atoms with van der Waals surface area (Å²) >= 11 is 0. The molecule has 2 aliphatic heterocycles. The van der Waals surface area contributed by atoms with Crippen molar-refractivity contribution in [1.29, 1.82) is 0 Å². The first kappa shape index (κ1) is 17.4. The SMILES string of the molecule is CC(=O)N1CCC(NCC(c2ccc(F)cc2)N2CCCC2)CC1. The molecular formula is C19H28FN3O. The molecule has 5 heteroatoms. The summed E-state index contributed by atoms with van der Waals surface area (Å²) in [4.78, 5) is 15.9. The minimum absolute atomic E-state index is 0.176. The number of carbonyl (C=O) groups excluding carboxylic acids is 1. The van der Waals surface area contributed by atoms with Gasteiger partial charge in [-0.25, -0.2) is 4.39 Å². The van der Waals surface area contributed by atoms with E-state index in [9.17, 15) is 9.18 Å². The largest absolute Gasteiger partial charge is 0.343 e. The fourth-order valence-corrected chi connectivity index (χ4v) is 3.87. The van der Waals surface area contributed by atoms with Gasteiger partial charge in [-0.2, -0.15) is 0 Å². The molecule has 3 rings (SSSR count). The van der Waals surface area contributed by atoms with Gasteiger partial charge < -0.3 is 10.2 Å². The van der Waals surface area contributed by atoms with Crippen LogP contribution in [-0.4, -0.2) is 54.5 Å². The van der Waals surface area contributed by atoms with Crippen LogP contribution >= 0.6 is 0 Å². The fraction of sp³-hybridized carbons (Fsp3) is 0.632. The smallest absolute Gasteiger partial charge is 0.219 e. The van der Waals surface area contributed by atoms with E-state index in [1.54, 1.807) is 19.1 Å². The number of benzene rings is 1. The second-order valence-corrected chi connectivity index (χ2v) is 7.00. The quantitative estimate of drug-likeness (QED) is 0.899. The third-order valence-electron chi connectivity index (χ3n) is 5.38. The van der Waals surface area contributed by atoms with Crippen LogP contribution in [0.15, 0.2) is 24.3 Å². The molecule has 24 heavy (non-hydrogen) atoms. The first-order valence-corrected chi connectivity index (χ1v) is 9.12. The molecule has 1 atom stereocenters. The minimum Gasteiger partial charge on any atom is -0.343 e. The lowest BCUT2D eigenvalue weighted by Gasteiger charge is -2.34. The maximum absolute atomic E-state index is 13.2. The molecule has 0 radical (unpaired) electrons. The van der Waals surface area contributed by atoms with Crippen molar-refractivity contribution in [2.24, 2.45) is 0 Å². The van der Waals surface area contributed by atoms with Gasteiger partial charge in [-0.15, -0.1) is 0 Å². The van der Waals surface area contributed by atoms with Crippen molar-refractivity contribution in [3.8, 4) is 0 Å². The van der Waals surface area contributed by atoms with E-state index in [1.165, 1.54) is 18.4 Å². The van der Waals surface area contributed by atoms with E-state index < -0.39 is 0 Å². The van der Waals surface area contributed by atoms with E-state index in [1.807, 2.05) is 17.0 Å². The lowest BCUT2D eigenvalue weighted by atomic mass is 10.0. The van der Waals surface area contributed by atoms with Crippen molar-refractivity contribution in [1.82, 2.24) is 15.1 Å². The Bertz CT molecular complexity index is 534. The number of halogens is 1. The van der Waals surface area contributed by atoms with Crippen molar-refractivity contribution in [2.75, 3.05) is 32.7 Å². The molecule has 1 amide bonds. The number of hydrogen-bond acceptors (Lipinski definition) is 3. The van der Waals surface area contributed by atoms with Crippen molar-refractivity contribution >= 4 is 5.91 Å². The summed E-state index contributed by atoms with van der Waals surface area (Å²) in [6.07, 6.45) is 4.51. The Morgan fingerprint density at radius 3 is 2.38 bits per heavy atom. The third kappa shape index (κ3) is 4.33. The van der Waals surface area contributed by atoms with Gasteiger partial charge in [-0.3, -0.25) is 9.69 Å². The van der Waals surface area contributed by atoms with Crippen LogP contribution in [-0.2, 0) is 4.79 Å². The van der Waals surface area contributed by atoms with E-state index >= 15 is 0 Å². The lowest BCUT2D eigenvalue weighted by Crippen LogP contribution is -2.46. The number of likely N-dealkylation sites (tertiary alicyclic amines) is 2. The zero-order valence-electron chi connectivity index (χ0n) is 14.5. The molecule has 1 N–H and O–H groups in total. The summed E-state index contributed by atoms with van der Waals surface area (Å²) in [6.45, 7) is 6.46. The summed E-state index contributed by atoms with van der Waals surface area (Å²) in [6, 6.07) is 7.72. The predicted molar refractivity (Wildman–Crippen MR) is 93.2 cm³/mol. The monoisotopic (exact) mass is 333 g/mol. The molecule has 4 nitrogen and oxygen atoms in total.